The molecule has 10 nitrogen and oxygen atoms in total. The second-order valence-corrected chi connectivity index (χ2v) is 11.6. The van der Waals surface area contributed by atoms with Crippen LogP contribution in [-0.4, -0.2) is 69.9 Å². The van der Waals surface area contributed by atoms with Gasteiger partial charge in [-0.3, -0.25) is 28.9 Å². The van der Waals surface area contributed by atoms with Gasteiger partial charge in [0, 0.05) is 17.9 Å². The Hall–Kier alpha value is -3.63. The summed E-state index contributed by atoms with van der Waals surface area (Å²) in [6, 6.07) is 5.55. The van der Waals surface area contributed by atoms with Crippen molar-refractivity contribution in [3.05, 3.63) is 41.2 Å². The molecule has 3 aliphatic carbocycles. The number of rotatable bonds is 5. The van der Waals surface area contributed by atoms with Crippen LogP contribution in [0.2, 0.25) is 0 Å². The summed E-state index contributed by atoms with van der Waals surface area (Å²) in [5, 5.41) is 22.4. The van der Waals surface area contributed by atoms with E-state index < -0.39 is 64.4 Å². The van der Waals surface area contributed by atoms with Crippen LogP contribution >= 0.6 is 0 Å². The zero-order valence-corrected chi connectivity index (χ0v) is 22.3. The number of phenolic OH excluding ortho intramolecular Hbond substituents is 1. The maximum Gasteiger partial charge on any atom is 0.235 e. The molecule has 0 radical (unpaired) electrons. The number of nitrogens with two attached hydrogens (primary N) is 1. The predicted molar refractivity (Wildman–Crippen MR) is 138 cm³/mol. The summed E-state index contributed by atoms with van der Waals surface area (Å²) in [6.45, 7) is 4.14. The third-order valence-electron chi connectivity index (χ3n) is 8.48. The van der Waals surface area contributed by atoms with Crippen LogP contribution in [0.15, 0.2) is 28.7 Å². The number of benzene rings is 1. The zero-order valence-electron chi connectivity index (χ0n) is 22.3. The Morgan fingerprint density at radius 2 is 1.82 bits per heavy atom. The SMILES string of the molecule is CC(C)Cc1ccc(-c2ccc(O)c3c2C[C@@H]2C[C@@H]4C(N(C)C)C(=O)C(C(N)=O)C(=O)[C@]4(O)C(=O)C2C3=O)o1. The van der Waals surface area contributed by atoms with Crippen LogP contribution in [0.25, 0.3) is 11.3 Å². The van der Waals surface area contributed by atoms with Gasteiger partial charge in [0.1, 0.15) is 17.3 Å². The summed E-state index contributed by atoms with van der Waals surface area (Å²) in [5.41, 5.74) is 3.67. The van der Waals surface area contributed by atoms with Gasteiger partial charge in [-0.05, 0) is 68.6 Å². The van der Waals surface area contributed by atoms with Crippen LogP contribution in [0.4, 0.5) is 0 Å². The lowest BCUT2D eigenvalue weighted by Gasteiger charge is -2.52. The van der Waals surface area contributed by atoms with Gasteiger partial charge in [-0.25, -0.2) is 0 Å². The van der Waals surface area contributed by atoms with Crippen molar-refractivity contribution in [3.63, 3.8) is 0 Å². The van der Waals surface area contributed by atoms with E-state index in [1.165, 1.54) is 11.0 Å². The monoisotopic (exact) mass is 536 g/mol. The predicted octanol–water partition coefficient (Wildman–Crippen LogP) is 1.33. The molecule has 2 fully saturated rings. The molecule has 2 saturated carbocycles. The Morgan fingerprint density at radius 3 is 2.44 bits per heavy atom. The molecule has 1 amide bonds. The number of phenols is 1. The lowest BCUT2D eigenvalue weighted by molar-refractivity contribution is -0.181. The molecule has 0 bridgehead atoms. The van der Waals surface area contributed by atoms with E-state index in [1.54, 1.807) is 26.2 Å². The third kappa shape index (κ3) is 3.88. The van der Waals surface area contributed by atoms with Gasteiger partial charge in [0.2, 0.25) is 5.91 Å². The summed E-state index contributed by atoms with van der Waals surface area (Å²) < 4.78 is 6.05. The van der Waals surface area contributed by atoms with E-state index in [0.717, 1.165) is 12.2 Å². The number of fused-ring (bicyclic) bond motifs is 3. The van der Waals surface area contributed by atoms with Gasteiger partial charge in [0.15, 0.2) is 34.7 Å². The maximum absolute atomic E-state index is 13.9. The normalized spacial score (nSPS) is 30.4. The van der Waals surface area contributed by atoms with Crippen molar-refractivity contribution < 1.29 is 38.6 Å². The smallest absolute Gasteiger partial charge is 0.235 e. The lowest BCUT2D eigenvalue weighted by Crippen LogP contribution is -2.74. The number of Topliss-reactive ketones (excluding diaryl/α,β-unsaturated/α-hetero) is 4. The second kappa shape index (κ2) is 9.24. The highest BCUT2D eigenvalue weighted by molar-refractivity contribution is 6.32. The molecule has 3 aliphatic rings. The first-order chi connectivity index (χ1) is 18.3. The quantitative estimate of drug-likeness (QED) is 0.477. The Bertz CT molecular complexity index is 1420. The number of aliphatic hydroxyl groups is 1. The molecule has 6 atom stereocenters. The van der Waals surface area contributed by atoms with Crippen molar-refractivity contribution >= 4 is 29.0 Å². The molecule has 1 aromatic heterocycles. The molecule has 39 heavy (non-hydrogen) atoms. The first kappa shape index (κ1) is 27.0. The van der Waals surface area contributed by atoms with Crippen LogP contribution in [-0.2, 0) is 32.0 Å². The number of furan rings is 1. The Labute approximate surface area is 225 Å². The molecular weight excluding hydrogens is 504 g/mol. The highest BCUT2D eigenvalue weighted by Gasteiger charge is 2.69. The van der Waals surface area contributed by atoms with Gasteiger partial charge in [-0.15, -0.1) is 0 Å². The van der Waals surface area contributed by atoms with Gasteiger partial charge in [-0.1, -0.05) is 13.8 Å². The first-order valence-corrected chi connectivity index (χ1v) is 13.1. The number of carbonyl (C=O) groups excluding carboxylic acids is 5. The lowest BCUT2D eigenvalue weighted by atomic mass is 9.52. The minimum absolute atomic E-state index is 0.00422. The minimum atomic E-state index is -2.74. The fraction of sp³-hybridized carbons (Fsp3) is 0.483. The van der Waals surface area contributed by atoms with E-state index in [-0.39, 0.29) is 24.2 Å². The number of likely N-dealkylation sites (N-methyl/N-ethyl adjacent to an activating group) is 1. The van der Waals surface area contributed by atoms with Crippen molar-refractivity contribution in [2.75, 3.05) is 14.1 Å². The Kier molecular flexibility index (Phi) is 6.38. The molecule has 4 N–H and O–H groups in total. The van der Waals surface area contributed by atoms with Crippen LogP contribution in [0.3, 0.4) is 0 Å². The van der Waals surface area contributed by atoms with Crippen LogP contribution in [0, 0.1) is 29.6 Å². The number of hydrogen-bond acceptors (Lipinski definition) is 9. The highest BCUT2D eigenvalue weighted by atomic mass is 16.3. The summed E-state index contributed by atoms with van der Waals surface area (Å²) >= 11 is 0. The summed E-state index contributed by atoms with van der Waals surface area (Å²) in [4.78, 5) is 67.8. The first-order valence-electron chi connectivity index (χ1n) is 13.1. The molecule has 3 unspecified atom stereocenters. The standard InChI is InChI=1S/C29H32N2O8/c1-12(2)9-14-5-8-19(39-14)15-6-7-18(32)21-16(15)10-13-11-17-23(31(3)4)25(34)22(28(30)37)27(36)29(17,38)26(35)20(13)24(21)33/h5-8,12-13,17,20,22-23,32,38H,9-11H2,1-4H3,(H2,30,37)/t13-,17-,20?,22?,23?,29-/m1/s1. The van der Waals surface area contributed by atoms with Crippen LogP contribution in [0.1, 0.15) is 41.9 Å². The highest BCUT2D eigenvalue weighted by Crippen LogP contribution is 2.51. The number of primary amides is 1. The van der Waals surface area contributed by atoms with E-state index in [4.69, 9.17) is 10.2 Å². The number of amides is 1. The van der Waals surface area contributed by atoms with E-state index in [9.17, 15) is 34.2 Å². The van der Waals surface area contributed by atoms with Crippen molar-refractivity contribution in [1.29, 1.82) is 0 Å². The molecule has 1 heterocycles. The molecular formula is C29H32N2O8. The zero-order chi connectivity index (χ0) is 28.5. The fourth-order valence-corrected chi connectivity index (χ4v) is 6.87. The van der Waals surface area contributed by atoms with Crippen molar-refractivity contribution in [3.8, 4) is 17.1 Å². The molecule has 0 aliphatic heterocycles. The number of nitrogens with zero attached hydrogens (tertiary/aromatic N) is 1. The molecule has 10 heteroatoms. The summed E-state index contributed by atoms with van der Waals surface area (Å²) in [5.74, 6) is -8.99. The second-order valence-electron chi connectivity index (χ2n) is 11.6. The minimum Gasteiger partial charge on any atom is -0.507 e. The van der Waals surface area contributed by atoms with Gasteiger partial charge in [0.05, 0.1) is 17.5 Å². The van der Waals surface area contributed by atoms with E-state index in [2.05, 4.69) is 13.8 Å². The number of ketones is 4. The van der Waals surface area contributed by atoms with Crippen molar-refractivity contribution in [1.82, 2.24) is 4.90 Å². The molecule has 206 valence electrons. The number of aromatic hydroxyl groups is 1. The van der Waals surface area contributed by atoms with Crippen LogP contribution < -0.4 is 5.73 Å². The average Bonchev–Trinajstić information content (AvgIpc) is 3.28. The summed E-state index contributed by atoms with van der Waals surface area (Å²) in [6.07, 6.45) is 0.893. The van der Waals surface area contributed by atoms with Crippen molar-refractivity contribution in [2.45, 2.75) is 44.8 Å². The average molecular weight is 537 g/mol. The number of hydrogen-bond donors (Lipinski definition) is 3. The van der Waals surface area contributed by atoms with Crippen LogP contribution in [0.5, 0.6) is 5.75 Å². The fourth-order valence-electron chi connectivity index (χ4n) is 6.87. The van der Waals surface area contributed by atoms with Gasteiger partial charge in [0.25, 0.3) is 0 Å². The largest absolute Gasteiger partial charge is 0.507 e. The van der Waals surface area contributed by atoms with E-state index in [1.807, 2.05) is 6.07 Å². The Morgan fingerprint density at radius 1 is 1.13 bits per heavy atom. The summed E-state index contributed by atoms with van der Waals surface area (Å²) in [7, 11) is 3.10. The molecule has 5 rings (SSSR count). The topological polar surface area (TPSA) is 168 Å². The maximum atomic E-state index is 13.9. The molecule has 0 spiro atoms. The van der Waals surface area contributed by atoms with E-state index in [0.29, 0.717) is 22.8 Å². The van der Waals surface area contributed by atoms with Gasteiger partial charge >= 0.3 is 0 Å². The molecule has 0 saturated heterocycles. The van der Waals surface area contributed by atoms with Crippen molar-refractivity contribution in [2.24, 2.45) is 35.3 Å². The Balaban J connectivity index is 1.62. The molecule has 2 aromatic rings. The third-order valence-corrected chi connectivity index (χ3v) is 8.48. The van der Waals surface area contributed by atoms with Gasteiger partial charge in [-0.2, -0.15) is 0 Å². The molecule has 1 aromatic carbocycles. The van der Waals surface area contributed by atoms with E-state index >= 15 is 0 Å². The number of carbonyl (C=O) groups is 5. The van der Waals surface area contributed by atoms with Gasteiger partial charge < -0.3 is 20.4 Å².